The van der Waals surface area contributed by atoms with Gasteiger partial charge in [-0.15, -0.1) is 0 Å². The van der Waals surface area contributed by atoms with Crippen molar-refractivity contribution in [3.05, 3.63) is 93.9 Å². The van der Waals surface area contributed by atoms with Crippen LogP contribution in [0.2, 0.25) is 0 Å². The van der Waals surface area contributed by atoms with E-state index in [1.54, 1.807) is 20.0 Å². The fourth-order valence-corrected chi connectivity index (χ4v) is 5.17. The zero-order valence-electron chi connectivity index (χ0n) is 22.4. The van der Waals surface area contributed by atoms with Gasteiger partial charge in [-0.05, 0) is 78.0 Å². The lowest BCUT2D eigenvalue weighted by molar-refractivity contribution is 0.0460. The van der Waals surface area contributed by atoms with Crippen LogP contribution in [0.5, 0.6) is 0 Å². The molecule has 190 valence electrons. The molecule has 5 heteroatoms. The van der Waals surface area contributed by atoms with Gasteiger partial charge in [-0.2, -0.15) is 0 Å². The maximum Gasteiger partial charge on any atom is 0.289 e. The van der Waals surface area contributed by atoms with E-state index in [-0.39, 0.29) is 34.0 Å². The molecule has 36 heavy (non-hydrogen) atoms. The van der Waals surface area contributed by atoms with Crippen molar-refractivity contribution in [1.82, 2.24) is 4.90 Å². The van der Waals surface area contributed by atoms with Crippen LogP contribution in [0, 0.1) is 6.92 Å². The summed E-state index contributed by atoms with van der Waals surface area (Å²) in [5.41, 5.74) is 4.80. The summed E-state index contributed by atoms with van der Waals surface area (Å²) < 4.78 is 5.79. The maximum absolute atomic E-state index is 13.5. The molecule has 1 aliphatic rings. The first kappa shape index (κ1) is 25.9. The first-order valence-corrected chi connectivity index (χ1v) is 12.6. The summed E-state index contributed by atoms with van der Waals surface area (Å²) in [7, 11) is 1.63. The molecule has 1 aliphatic carbocycles. The molecule has 0 fully saturated rings. The number of ketones is 1. The number of amides is 1. The van der Waals surface area contributed by atoms with Crippen LogP contribution in [0.25, 0.3) is 0 Å². The Hall–Kier alpha value is -3.18. The van der Waals surface area contributed by atoms with E-state index in [9.17, 15) is 14.7 Å². The predicted molar refractivity (Wildman–Crippen MR) is 142 cm³/mol. The topological polar surface area (TPSA) is 70.8 Å². The number of likely N-dealkylation sites (N-methyl/N-ethyl adjacent to an activating group) is 1. The highest BCUT2D eigenvalue weighted by molar-refractivity contribution is 6.09. The van der Waals surface area contributed by atoms with Crippen LogP contribution >= 0.6 is 0 Å². The number of aliphatic hydroxyl groups is 1. The van der Waals surface area contributed by atoms with Crippen LogP contribution in [0.4, 0.5) is 0 Å². The number of furan rings is 1. The quantitative estimate of drug-likeness (QED) is 0.411. The molecule has 4 rings (SSSR count). The molecule has 5 nitrogen and oxygen atoms in total. The van der Waals surface area contributed by atoms with Gasteiger partial charge in [-0.25, -0.2) is 0 Å². The van der Waals surface area contributed by atoms with Gasteiger partial charge in [-0.1, -0.05) is 64.1 Å². The molecule has 1 heterocycles. The number of benzene rings is 2. The zero-order valence-corrected chi connectivity index (χ0v) is 22.4. The lowest BCUT2D eigenvalue weighted by atomic mass is 9.62. The Balaban J connectivity index is 1.59. The van der Waals surface area contributed by atoms with E-state index in [0.717, 1.165) is 24.0 Å². The maximum atomic E-state index is 13.5. The van der Waals surface area contributed by atoms with Crippen LogP contribution in [0.3, 0.4) is 0 Å². The van der Waals surface area contributed by atoms with Gasteiger partial charge in [0.15, 0.2) is 11.5 Å². The van der Waals surface area contributed by atoms with Gasteiger partial charge < -0.3 is 14.4 Å². The van der Waals surface area contributed by atoms with Crippen molar-refractivity contribution in [3.8, 4) is 0 Å². The van der Waals surface area contributed by atoms with Gasteiger partial charge >= 0.3 is 0 Å². The Morgan fingerprint density at radius 3 is 2.08 bits per heavy atom. The summed E-state index contributed by atoms with van der Waals surface area (Å²) >= 11 is 0. The molecule has 1 aromatic heterocycles. The van der Waals surface area contributed by atoms with Crippen molar-refractivity contribution in [2.45, 2.75) is 77.4 Å². The summed E-state index contributed by atoms with van der Waals surface area (Å²) in [5.74, 6) is -0.404. The molecule has 3 aromatic rings. The minimum absolute atomic E-state index is 0.0175. The first-order valence-electron chi connectivity index (χ1n) is 12.6. The highest BCUT2D eigenvalue weighted by Crippen LogP contribution is 2.46. The summed E-state index contributed by atoms with van der Waals surface area (Å²) in [6.07, 6.45) is 1.32. The third-order valence-corrected chi connectivity index (χ3v) is 8.01. The van der Waals surface area contributed by atoms with Crippen LogP contribution in [0.1, 0.15) is 102 Å². The van der Waals surface area contributed by atoms with Crippen LogP contribution in [0.15, 0.2) is 59.0 Å². The molecule has 0 radical (unpaired) electrons. The van der Waals surface area contributed by atoms with E-state index in [4.69, 9.17) is 4.42 Å². The Morgan fingerprint density at radius 1 is 0.917 bits per heavy atom. The predicted octanol–water partition coefficient (Wildman–Crippen LogP) is 6.36. The van der Waals surface area contributed by atoms with Crippen molar-refractivity contribution in [1.29, 1.82) is 0 Å². The molecule has 0 bridgehead atoms. The molecule has 1 N–H and O–H groups in total. The number of aryl methyl sites for hydroxylation is 1. The number of fused-ring (bicyclic) bond motifs is 1. The lowest BCUT2D eigenvalue weighted by Crippen LogP contribution is -2.38. The van der Waals surface area contributed by atoms with Crippen molar-refractivity contribution in [2.24, 2.45) is 0 Å². The van der Waals surface area contributed by atoms with Gasteiger partial charge in [0.25, 0.3) is 5.91 Å². The molecule has 0 spiro atoms. The number of rotatable bonds is 6. The average molecular weight is 488 g/mol. The molecule has 0 saturated heterocycles. The van der Waals surface area contributed by atoms with E-state index in [0.29, 0.717) is 5.56 Å². The Morgan fingerprint density at radius 2 is 1.47 bits per heavy atom. The summed E-state index contributed by atoms with van der Waals surface area (Å²) in [4.78, 5) is 28.1. The third kappa shape index (κ3) is 4.64. The number of aliphatic hydroxyl groups excluding tert-OH is 1. The van der Waals surface area contributed by atoms with Gasteiger partial charge in [0.2, 0.25) is 5.78 Å². The van der Waals surface area contributed by atoms with Crippen LogP contribution in [-0.4, -0.2) is 34.8 Å². The van der Waals surface area contributed by atoms with E-state index >= 15 is 0 Å². The van der Waals surface area contributed by atoms with Gasteiger partial charge in [0, 0.05) is 12.6 Å². The standard InChI is InChI=1S/C31H37NO4/c1-19-17-23-24(31(5,6)16-15-30(23,3)4)18-22(19)28(34)25-13-14-26(36-25)29(35)32(7)20(2)27(33)21-11-9-8-10-12-21/h8-14,17-18,20,27,33H,15-16H2,1-7H3/t20-,27+/m1/s1. The minimum Gasteiger partial charge on any atom is -0.447 e. The largest absolute Gasteiger partial charge is 0.447 e. The van der Waals surface area contributed by atoms with Crippen LogP contribution in [-0.2, 0) is 10.8 Å². The second kappa shape index (κ2) is 9.36. The number of nitrogens with zero attached hydrogens (tertiary/aromatic N) is 1. The highest BCUT2D eigenvalue weighted by atomic mass is 16.4. The second-order valence-corrected chi connectivity index (χ2v) is 11.5. The summed E-state index contributed by atoms with van der Waals surface area (Å²) in [6.45, 7) is 12.7. The Kier molecular flexibility index (Phi) is 6.74. The molecule has 1 amide bonds. The molecule has 2 aromatic carbocycles. The molecule has 0 unspecified atom stereocenters. The number of carbonyl (C=O) groups excluding carboxylic acids is 2. The fourth-order valence-electron chi connectivity index (χ4n) is 5.17. The summed E-state index contributed by atoms with van der Waals surface area (Å²) in [5, 5.41) is 10.7. The van der Waals surface area contributed by atoms with E-state index in [1.165, 1.54) is 22.1 Å². The number of hydrogen-bond acceptors (Lipinski definition) is 4. The van der Waals surface area contributed by atoms with Gasteiger partial charge in [0.05, 0.1) is 12.1 Å². The van der Waals surface area contributed by atoms with Crippen molar-refractivity contribution in [3.63, 3.8) is 0 Å². The Labute approximate surface area is 214 Å². The second-order valence-electron chi connectivity index (χ2n) is 11.5. The monoisotopic (exact) mass is 487 g/mol. The van der Waals surface area contributed by atoms with Gasteiger partial charge in [-0.3, -0.25) is 9.59 Å². The van der Waals surface area contributed by atoms with E-state index in [2.05, 4.69) is 33.8 Å². The lowest BCUT2D eigenvalue weighted by Gasteiger charge is -2.42. The fraction of sp³-hybridized carbons (Fsp3) is 0.419. The van der Waals surface area contributed by atoms with Crippen molar-refractivity contribution >= 4 is 11.7 Å². The first-order chi connectivity index (χ1) is 16.8. The van der Waals surface area contributed by atoms with E-state index in [1.807, 2.05) is 43.3 Å². The minimum atomic E-state index is -0.845. The van der Waals surface area contributed by atoms with Crippen molar-refractivity contribution < 1.29 is 19.1 Å². The third-order valence-electron chi connectivity index (χ3n) is 8.01. The molecular weight excluding hydrogens is 450 g/mol. The SMILES string of the molecule is Cc1cc2c(cc1C(=O)c1ccc(C(=O)N(C)[C@H](C)[C@H](O)c3ccccc3)o1)C(C)(C)CCC2(C)C. The average Bonchev–Trinajstić information content (AvgIpc) is 3.35. The molecule has 0 aliphatic heterocycles. The molecule has 2 atom stereocenters. The smallest absolute Gasteiger partial charge is 0.289 e. The van der Waals surface area contributed by atoms with E-state index < -0.39 is 12.1 Å². The van der Waals surface area contributed by atoms with Crippen molar-refractivity contribution in [2.75, 3.05) is 7.05 Å². The highest BCUT2D eigenvalue weighted by Gasteiger charge is 2.38. The number of hydrogen-bond donors (Lipinski definition) is 1. The van der Waals surface area contributed by atoms with Gasteiger partial charge in [0.1, 0.15) is 0 Å². The molecule has 0 saturated carbocycles. The zero-order chi connectivity index (χ0) is 26.4. The number of carbonyl (C=O) groups is 2. The summed E-state index contributed by atoms with van der Waals surface area (Å²) in [6, 6.07) is 16.0. The molecular formula is C31H37NO4. The van der Waals surface area contributed by atoms with Crippen LogP contribution < -0.4 is 0 Å². The normalized spacial score (nSPS) is 17.7. The Bertz CT molecular complexity index is 1290.